The lowest BCUT2D eigenvalue weighted by molar-refractivity contribution is 0.406. The van der Waals surface area contributed by atoms with Crippen molar-refractivity contribution in [1.82, 2.24) is 4.31 Å². The van der Waals surface area contributed by atoms with E-state index in [-0.39, 0.29) is 18.0 Å². The smallest absolute Gasteiger partial charge is 0.243 e. The fourth-order valence-corrected chi connectivity index (χ4v) is 3.14. The van der Waals surface area contributed by atoms with Gasteiger partial charge in [0.25, 0.3) is 0 Å². The van der Waals surface area contributed by atoms with Crippen molar-refractivity contribution in [3.05, 3.63) is 52.9 Å². The van der Waals surface area contributed by atoms with E-state index in [0.29, 0.717) is 16.3 Å². The molecule has 2 N–H and O–H groups in total. The third kappa shape index (κ3) is 3.04. The molecule has 0 fully saturated rings. The van der Waals surface area contributed by atoms with Crippen molar-refractivity contribution in [3.63, 3.8) is 0 Å². The zero-order valence-corrected chi connectivity index (χ0v) is 12.5. The zero-order valence-electron chi connectivity index (χ0n) is 10.9. The third-order valence-electron chi connectivity index (χ3n) is 2.90. The van der Waals surface area contributed by atoms with Gasteiger partial charge in [-0.15, -0.1) is 0 Å². The molecule has 0 bridgehead atoms. The Hall–Kier alpha value is -1.34. The standard InChI is InChI=1S/C13H15ClN2O3S/c1-16(9-11-3-2-6-19-11)20(17,18)12-4-5-13(14)10(7-12)8-15/h2-7H,8-9,15H2,1H3. The van der Waals surface area contributed by atoms with E-state index in [2.05, 4.69) is 0 Å². The maximum atomic E-state index is 12.4. The van der Waals surface area contributed by atoms with Crippen molar-refractivity contribution in [2.75, 3.05) is 7.05 Å². The lowest BCUT2D eigenvalue weighted by atomic mass is 10.2. The van der Waals surface area contributed by atoms with E-state index in [1.54, 1.807) is 12.1 Å². The van der Waals surface area contributed by atoms with Gasteiger partial charge in [-0.25, -0.2) is 8.42 Å². The molecule has 0 amide bonds. The Morgan fingerprint density at radius 1 is 1.35 bits per heavy atom. The first-order valence-corrected chi connectivity index (χ1v) is 7.74. The first-order chi connectivity index (χ1) is 9.45. The molecule has 0 saturated carbocycles. The van der Waals surface area contributed by atoms with Gasteiger partial charge in [-0.05, 0) is 35.9 Å². The fraction of sp³-hybridized carbons (Fsp3) is 0.231. The maximum Gasteiger partial charge on any atom is 0.243 e. The summed E-state index contributed by atoms with van der Waals surface area (Å²) in [5.74, 6) is 0.573. The van der Waals surface area contributed by atoms with Gasteiger partial charge in [0.15, 0.2) is 0 Å². The van der Waals surface area contributed by atoms with Crippen molar-refractivity contribution >= 4 is 21.6 Å². The number of hydrogen-bond donors (Lipinski definition) is 1. The van der Waals surface area contributed by atoms with Crippen molar-refractivity contribution in [3.8, 4) is 0 Å². The molecule has 20 heavy (non-hydrogen) atoms. The summed E-state index contributed by atoms with van der Waals surface area (Å²) in [5, 5.41) is 0.458. The molecule has 0 aliphatic heterocycles. The topological polar surface area (TPSA) is 76.5 Å². The van der Waals surface area contributed by atoms with Gasteiger partial charge in [-0.3, -0.25) is 0 Å². The Labute approximate surface area is 123 Å². The molecule has 5 nitrogen and oxygen atoms in total. The molecular weight excluding hydrogens is 300 g/mol. The Bertz CT molecular complexity index is 684. The molecule has 1 heterocycles. The highest BCUT2D eigenvalue weighted by atomic mass is 35.5. The van der Waals surface area contributed by atoms with Crippen LogP contribution in [0.1, 0.15) is 11.3 Å². The third-order valence-corrected chi connectivity index (χ3v) is 5.07. The number of sulfonamides is 1. The predicted molar refractivity (Wildman–Crippen MR) is 76.7 cm³/mol. The number of hydrogen-bond acceptors (Lipinski definition) is 4. The lowest BCUT2D eigenvalue weighted by Gasteiger charge is -2.16. The van der Waals surface area contributed by atoms with Gasteiger partial charge in [-0.2, -0.15) is 4.31 Å². The van der Waals surface area contributed by atoms with Crippen LogP contribution in [0.4, 0.5) is 0 Å². The van der Waals surface area contributed by atoms with Gasteiger partial charge < -0.3 is 10.2 Å². The monoisotopic (exact) mass is 314 g/mol. The van der Waals surface area contributed by atoms with Crippen LogP contribution >= 0.6 is 11.6 Å². The van der Waals surface area contributed by atoms with Crippen LogP contribution in [-0.2, 0) is 23.1 Å². The minimum Gasteiger partial charge on any atom is -0.468 e. The summed E-state index contributed by atoms with van der Waals surface area (Å²) >= 11 is 5.94. The van der Waals surface area contributed by atoms with E-state index in [9.17, 15) is 8.42 Å². The van der Waals surface area contributed by atoms with E-state index >= 15 is 0 Å². The van der Waals surface area contributed by atoms with Gasteiger partial charge in [0.2, 0.25) is 10.0 Å². The van der Waals surface area contributed by atoms with E-state index in [0.717, 1.165) is 0 Å². The van der Waals surface area contributed by atoms with Crippen LogP contribution in [0.25, 0.3) is 0 Å². The van der Waals surface area contributed by atoms with Gasteiger partial charge in [0, 0.05) is 18.6 Å². The van der Waals surface area contributed by atoms with Gasteiger partial charge in [0.05, 0.1) is 17.7 Å². The van der Waals surface area contributed by atoms with E-state index in [1.165, 1.54) is 35.8 Å². The Balaban J connectivity index is 2.29. The largest absolute Gasteiger partial charge is 0.468 e. The quantitative estimate of drug-likeness (QED) is 0.918. The molecule has 108 valence electrons. The Kier molecular flexibility index (Phi) is 4.49. The zero-order chi connectivity index (χ0) is 14.8. The number of furan rings is 1. The molecule has 0 radical (unpaired) electrons. The molecule has 0 spiro atoms. The second-order valence-electron chi connectivity index (χ2n) is 4.30. The summed E-state index contributed by atoms with van der Waals surface area (Å²) in [4.78, 5) is 0.163. The normalized spacial score (nSPS) is 12.0. The minimum atomic E-state index is -3.61. The summed E-state index contributed by atoms with van der Waals surface area (Å²) in [7, 11) is -2.11. The lowest BCUT2D eigenvalue weighted by Crippen LogP contribution is -2.26. The van der Waals surface area contributed by atoms with E-state index in [1.807, 2.05) is 0 Å². The molecule has 0 unspecified atom stereocenters. The van der Waals surface area contributed by atoms with Crippen LogP contribution in [-0.4, -0.2) is 19.8 Å². The van der Waals surface area contributed by atoms with E-state index < -0.39 is 10.0 Å². The predicted octanol–water partition coefficient (Wildman–Crippen LogP) is 2.21. The molecule has 1 aromatic heterocycles. The van der Waals surface area contributed by atoms with E-state index in [4.69, 9.17) is 21.8 Å². The number of benzene rings is 1. The van der Waals surface area contributed by atoms with Gasteiger partial charge in [0.1, 0.15) is 5.76 Å². The van der Waals surface area contributed by atoms with Crippen LogP contribution in [0.3, 0.4) is 0 Å². The van der Waals surface area contributed by atoms with Crippen molar-refractivity contribution in [1.29, 1.82) is 0 Å². The number of rotatable bonds is 5. The molecule has 0 saturated heterocycles. The highest BCUT2D eigenvalue weighted by Gasteiger charge is 2.22. The molecular formula is C13H15ClN2O3S. The molecule has 2 rings (SSSR count). The molecule has 0 atom stereocenters. The first-order valence-electron chi connectivity index (χ1n) is 5.92. The molecule has 1 aromatic carbocycles. The Morgan fingerprint density at radius 3 is 2.70 bits per heavy atom. The minimum absolute atomic E-state index is 0.163. The maximum absolute atomic E-state index is 12.4. The Morgan fingerprint density at radius 2 is 2.10 bits per heavy atom. The SMILES string of the molecule is CN(Cc1ccco1)S(=O)(=O)c1ccc(Cl)c(CN)c1. The molecule has 0 aliphatic rings. The molecule has 0 aliphatic carbocycles. The average molecular weight is 315 g/mol. The summed E-state index contributed by atoms with van der Waals surface area (Å²) in [6.07, 6.45) is 1.50. The highest BCUT2D eigenvalue weighted by molar-refractivity contribution is 7.89. The van der Waals surface area contributed by atoms with Crippen LogP contribution in [0, 0.1) is 0 Å². The highest BCUT2D eigenvalue weighted by Crippen LogP contribution is 2.23. The summed E-state index contributed by atoms with van der Waals surface area (Å²) < 4.78 is 31.2. The summed E-state index contributed by atoms with van der Waals surface area (Å²) in [6, 6.07) is 7.94. The van der Waals surface area contributed by atoms with Gasteiger partial charge in [-0.1, -0.05) is 11.6 Å². The number of halogens is 1. The van der Waals surface area contributed by atoms with Crippen molar-refractivity contribution in [2.24, 2.45) is 5.73 Å². The van der Waals surface area contributed by atoms with Crippen LogP contribution in [0.5, 0.6) is 0 Å². The number of nitrogens with zero attached hydrogens (tertiary/aromatic N) is 1. The van der Waals surface area contributed by atoms with Crippen LogP contribution in [0.15, 0.2) is 45.9 Å². The van der Waals surface area contributed by atoms with Crippen LogP contribution < -0.4 is 5.73 Å². The van der Waals surface area contributed by atoms with Gasteiger partial charge >= 0.3 is 0 Å². The molecule has 2 aromatic rings. The van der Waals surface area contributed by atoms with Crippen molar-refractivity contribution in [2.45, 2.75) is 18.0 Å². The number of nitrogens with two attached hydrogens (primary N) is 1. The van der Waals surface area contributed by atoms with Crippen molar-refractivity contribution < 1.29 is 12.8 Å². The first kappa shape index (κ1) is 15.1. The van der Waals surface area contributed by atoms with Crippen LogP contribution in [0.2, 0.25) is 5.02 Å². The summed E-state index contributed by atoms with van der Waals surface area (Å²) in [6.45, 7) is 0.347. The second kappa shape index (κ2) is 5.97. The summed E-state index contributed by atoms with van der Waals surface area (Å²) in [5.41, 5.74) is 6.14. The fourth-order valence-electron chi connectivity index (χ4n) is 1.75. The second-order valence-corrected chi connectivity index (χ2v) is 6.75. The average Bonchev–Trinajstić information content (AvgIpc) is 2.91. The molecule has 7 heteroatoms.